The van der Waals surface area contributed by atoms with Crippen LogP contribution < -0.4 is 10.6 Å². The van der Waals surface area contributed by atoms with Crippen LogP contribution in [-0.2, 0) is 14.3 Å². The number of carbonyl (C=O) groups excluding carboxylic acids is 2. The fraction of sp³-hybridized carbons (Fsp3) is 0.812. The van der Waals surface area contributed by atoms with E-state index in [1.165, 1.54) is 0 Å². The fourth-order valence-electron chi connectivity index (χ4n) is 11.6. The van der Waals surface area contributed by atoms with Crippen molar-refractivity contribution in [3.63, 3.8) is 0 Å². The number of aliphatic hydroxyl groups excluding tert-OH is 2. The molecule has 6 aliphatic carbocycles. The molecule has 0 aromatic carbocycles. The number of aldehydes is 1. The number of fused-ring (bicyclic) bond motifs is 4. The number of ether oxygens (including phenoxy) is 1. The van der Waals surface area contributed by atoms with Crippen LogP contribution in [0.5, 0.6) is 0 Å². The van der Waals surface area contributed by atoms with Crippen molar-refractivity contribution in [1.82, 2.24) is 10.6 Å². The normalized spacial score (nSPS) is 52.4. The smallest absolute Gasteiger partial charge is 0.332 e. The molecule has 5 saturated carbocycles. The zero-order valence-corrected chi connectivity index (χ0v) is 24.5. The number of esters is 1. The van der Waals surface area contributed by atoms with Gasteiger partial charge in [-0.2, -0.15) is 0 Å². The molecular formula is C32H46N2O8. The van der Waals surface area contributed by atoms with E-state index in [0.29, 0.717) is 38.6 Å². The van der Waals surface area contributed by atoms with Gasteiger partial charge in [0.05, 0.1) is 23.2 Å². The second kappa shape index (κ2) is 9.42. The number of carbonyl (C=O) groups is 2. The summed E-state index contributed by atoms with van der Waals surface area (Å²) >= 11 is 0. The third-order valence-corrected chi connectivity index (χ3v) is 13.2. The van der Waals surface area contributed by atoms with E-state index in [1.807, 2.05) is 7.05 Å². The minimum Gasteiger partial charge on any atom is -0.447 e. The van der Waals surface area contributed by atoms with Crippen molar-refractivity contribution in [2.75, 3.05) is 26.7 Å². The Balaban J connectivity index is 1.37. The van der Waals surface area contributed by atoms with E-state index in [2.05, 4.69) is 16.7 Å². The lowest BCUT2D eigenvalue weighted by Gasteiger charge is -2.70. The Morgan fingerprint density at radius 1 is 1.02 bits per heavy atom. The molecule has 7 aliphatic rings. The third kappa shape index (κ3) is 3.30. The molecule has 232 valence electrons. The highest BCUT2D eigenvalue weighted by molar-refractivity contribution is 5.88. The first-order chi connectivity index (χ1) is 20.0. The van der Waals surface area contributed by atoms with E-state index >= 15 is 0 Å². The minimum absolute atomic E-state index is 0.0499. The van der Waals surface area contributed by atoms with Gasteiger partial charge in [0.25, 0.3) is 0 Å². The Morgan fingerprint density at radius 3 is 2.57 bits per heavy atom. The number of hydrogen-bond acceptors (Lipinski definition) is 10. The van der Waals surface area contributed by atoms with E-state index in [1.54, 1.807) is 6.08 Å². The molecule has 42 heavy (non-hydrogen) atoms. The first kappa shape index (κ1) is 29.1. The zero-order chi connectivity index (χ0) is 29.8. The molecule has 0 aromatic heterocycles. The Bertz CT molecular complexity index is 1240. The van der Waals surface area contributed by atoms with Gasteiger partial charge in [0.15, 0.2) is 5.60 Å². The van der Waals surface area contributed by atoms with E-state index in [0.717, 1.165) is 43.4 Å². The van der Waals surface area contributed by atoms with Gasteiger partial charge in [0.2, 0.25) is 0 Å². The summed E-state index contributed by atoms with van der Waals surface area (Å²) in [5.74, 6) is -1.71. The molecule has 7 rings (SSSR count). The SMILES string of the molecule is CNCCNCC1=CC2CC3(O)C4(CCCCC15OC(=O)C=C5C24)CCC1C2(C=O)CCC(O)CC2(O)CC(O)C13O. The number of likely N-dealkylation sites (N-methyl/N-ethyl adjacent to an activating group) is 1. The van der Waals surface area contributed by atoms with Crippen LogP contribution in [0.2, 0.25) is 0 Å². The molecule has 11 atom stereocenters. The second-order valence-corrected chi connectivity index (χ2v) is 14.6. The van der Waals surface area contributed by atoms with Crippen LogP contribution in [0.15, 0.2) is 23.3 Å². The molecule has 1 aliphatic heterocycles. The van der Waals surface area contributed by atoms with Crippen molar-refractivity contribution in [1.29, 1.82) is 0 Å². The van der Waals surface area contributed by atoms with E-state index in [4.69, 9.17) is 4.74 Å². The van der Waals surface area contributed by atoms with Crippen molar-refractivity contribution >= 4 is 12.3 Å². The van der Waals surface area contributed by atoms with E-state index in [9.17, 15) is 35.1 Å². The maximum atomic E-state index is 13.1. The largest absolute Gasteiger partial charge is 0.447 e. The molecule has 10 nitrogen and oxygen atoms in total. The van der Waals surface area contributed by atoms with Crippen molar-refractivity contribution in [3.05, 3.63) is 23.3 Å². The summed E-state index contributed by atoms with van der Waals surface area (Å²) in [6.45, 7) is 2.05. The van der Waals surface area contributed by atoms with Crippen molar-refractivity contribution < 1.29 is 39.9 Å². The molecule has 7 N–H and O–H groups in total. The summed E-state index contributed by atoms with van der Waals surface area (Å²) in [7, 11) is 1.89. The molecule has 0 saturated heterocycles. The Kier molecular flexibility index (Phi) is 6.52. The summed E-state index contributed by atoms with van der Waals surface area (Å²) in [5.41, 5.74) is -6.75. The van der Waals surface area contributed by atoms with Crippen molar-refractivity contribution in [2.24, 2.45) is 28.6 Å². The average molecular weight is 587 g/mol. The average Bonchev–Trinajstić information content (AvgIpc) is 3.39. The van der Waals surface area contributed by atoms with Gasteiger partial charge >= 0.3 is 5.97 Å². The molecule has 1 heterocycles. The van der Waals surface area contributed by atoms with Crippen LogP contribution in [0, 0.1) is 28.6 Å². The standard InChI is InChI=1S/C32H46N2O8/c1-33-10-11-34-17-20-12-19-14-31(40)27(6-2-3-7-30(20)22(26(19)27)13-25(38)42-30)9-5-23-28(18-35)8-4-21(36)15-29(28,39)16-24(37)32(23,31)41/h12-13,18-19,21,23-24,26,33-34,36-37,39-41H,2-11,14-17H2,1H3. The molecule has 0 radical (unpaired) electrons. The Morgan fingerprint density at radius 2 is 1.81 bits per heavy atom. The maximum Gasteiger partial charge on any atom is 0.332 e. The molecule has 5 fully saturated rings. The van der Waals surface area contributed by atoms with E-state index < -0.39 is 51.4 Å². The van der Waals surface area contributed by atoms with Crippen LogP contribution in [0.25, 0.3) is 0 Å². The molecule has 0 amide bonds. The fourth-order valence-corrected chi connectivity index (χ4v) is 11.6. The summed E-state index contributed by atoms with van der Waals surface area (Å²) in [6, 6.07) is 0. The second-order valence-electron chi connectivity index (χ2n) is 14.6. The van der Waals surface area contributed by atoms with Gasteiger partial charge < -0.3 is 45.7 Å². The quantitative estimate of drug-likeness (QED) is 0.0992. The topological polar surface area (TPSA) is 169 Å². The number of aliphatic hydroxyl groups is 5. The molecular weight excluding hydrogens is 540 g/mol. The lowest BCUT2D eigenvalue weighted by molar-refractivity contribution is -0.349. The molecule has 10 heteroatoms. The van der Waals surface area contributed by atoms with Gasteiger partial charge in [0.1, 0.15) is 17.5 Å². The predicted octanol–water partition coefficient (Wildman–Crippen LogP) is 0.252. The number of hydrogen-bond donors (Lipinski definition) is 7. The van der Waals surface area contributed by atoms with Crippen LogP contribution in [0.3, 0.4) is 0 Å². The van der Waals surface area contributed by atoms with Crippen molar-refractivity contribution in [2.45, 2.75) is 105 Å². The summed E-state index contributed by atoms with van der Waals surface area (Å²) in [6.07, 6.45) is 6.21. The lowest BCUT2D eigenvalue weighted by Crippen LogP contribution is -2.81. The molecule has 1 spiro atoms. The van der Waals surface area contributed by atoms with Crippen LogP contribution >= 0.6 is 0 Å². The molecule has 11 unspecified atom stereocenters. The van der Waals surface area contributed by atoms with Gasteiger partial charge in [-0.25, -0.2) is 4.79 Å². The van der Waals surface area contributed by atoms with Gasteiger partial charge in [-0.1, -0.05) is 12.5 Å². The summed E-state index contributed by atoms with van der Waals surface area (Å²) < 4.78 is 6.19. The van der Waals surface area contributed by atoms with Gasteiger partial charge in [0, 0.05) is 49.9 Å². The van der Waals surface area contributed by atoms with Crippen molar-refractivity contribution in [3.8, 4) is 0 Å². The number of nitrogens with one attached hydrogen (secondary N) is 2. The first-order valence-corrected chi connectivity index (χ1v) is 16.0. The number of allylic oxidation sites excluding steroid dienone is 1. The molecule has 0 aromatic rings. The zero-order valence-electron chi connectivity index (χ0n) is 24.5. The van der Waals surface area contributed by atoms with Crippen LogP contribution in [0.1, 0.15) is 70.6 Å². The highest BCUT2D eigenvalue weighted by atomic mass is 16.6. The molecule has 2 bridgehead atoms. The van der Waals surface area contributed by atoms with Gasteiger partial charge in [-0.05, 0) is 81.4 Å². The lowest BCUT2D eigenvalue weighted by atomic mass is 9.38. The number of rotatable bonds is 6. The highest BCUT2D eigenvalue weighted by Crippen LogP contribution is 2.76. The highest BCUT2D eigenvalue weighted by Gasteiger charge is 2.82. The first-order valence-electron chi connectivity index (χ1n) is 16.0. The Hall–Kier alpha value is -1.66. The predicted molar refractivity (Wildman–Crippen MR) is 151 cm³/mol. The van der Waals surface area contributed by atoms with Gasteiger partial charge in [-0.3, -0.25) is 0 Å². The monoisotopic (exact) mass is 586 g/mol. The Labute approximate surface area is 246 Å². The summed E-state index contributed by atoms with van der Waals surface area (Å²) in [4.78, 5) is 26.0. The summed E-state index contributed by atoms with van der Waals surface area (Å²) in [5, 5.41) is 66.8. The minimum atomic E-state index is -2.05. The third-order valence-electron chi connectivity index (χ3n) is 13.2. The van der Waals surface area contributed by atoms with Crippen LogP contribution in [-0.4, -0.2) is 99.1 Å². The van der Waals surface area contributed by atoms with E-state index in [-0.39, 0.29) is 43.5 Å². The maximum absolute atomic E-state index is 13.1. The van der Waals surface area contributed by atoms with Crippen LogP contribution in [0.4, 0.5) is 0 Å². The van der Waals surface area contributed by atoms with Gasteiger partial charge in [-0.15, -0.1) is 0 Å².